The second kappa shape index (κ2) is 11.7. The van der Waals surface area contributed by atoms with Crippen molar-refractivity contribution in [2.45, 2.75) is 6.92 Å². The number of carbonyl (C=O) groups is 1. The van der Waals surface area contributed by atoms with E-state index in [-0.39, 0.29) is 18.3 Å². The number of halogens is 4. The first-order valence-corrected chi connectivity index (χ1v) is 13.0. The van der Waals surface area contributed by atoms with Crippen molar-refractivity contribution < 1.29 is 4.79 Å². The molecule has 9 heteroatoms. The lowest BCUT2D eigenvalue weighted by atomic mass is 10.1. The highest BCUT2D eigenvalue weighted by atomic mass is 35.5. The highest BCUT2D eigenvalue weighted by Crippen LogP contribution is 2.35. The summed E-state index contributed by atoms with van der Waals surface area (Å²) in [4.78, 5) is 17.9. The van der Waals surface area contributed by atoms with E-state index in [0.29, 0.717) is 52.4 Å². The van der Waals surface area contributed by atoms with Gasteiger partial charge in [-0.1, -0.05) is 46.9 Å². The van der Waals surface area contributed by atoms with Crippen molar-refractivity contribution in [2.24, 2.45) is 0 Å². The number of carbonyl (C=O) groups excluding carboxylic acids is 1. The summed E-state index contributed by atoms with van der Waals surface area (Å²) in [5.41, 5.74) is 5.63. The maximum atomic E-state index is 13.8. The molecule has 2 heterocycles. The zero-order valence-electron chi connectivity index (χ0n) is 20.5. The number of nitriles is 1. The Morgan fingerprint density at radius 3 is 2.08 bits per heavy atom. The SMILES string of the molecule is Cc1c(C(=O)N2CCN(c3ccc(C#N)cc3)CC2)cc(-c2ccc(Cl)cc2)n1-c1ccc(Cl)cc1Cl.Cl. The summed E-state index contributed by atoms with van der Waals surface area (Å²) in [7, 11) is 0. The molecule has 1 aliphatic heterocycles. The van der Waals surface area contributed by atoms with Gasteiger partial charge in [0.1, 0.15) is 0 Å². The van der Waals surface area contributed by atoms with E-state index >= 15 is 0 Å². The molecule has 0 saturated carbocycles. The summed E-state index contributed by atoms with van der Waals surface area (Å²) in [6.07, 6.45) is 0. The van der Waals surface area contributed by atoms with Crippen molar-refractivity contribution >= 4 is 58.8 Å². The second-order valence-electron chi connectivity index (χ2n) is 8.90. The lowest BCUT2D eigenvalue weighted by molar-refractivity contribution is 0.0746. The van der Waals surface area contributed by atoms with Gasteiger partial charge in [-0.05, 0) is 73.2 Å². The molecule has 0 unspecified atom stereocenters. The predicted octanol–water partition coefficient (Wildman–Crippen LogP) is 7.67. The second-order valence-corrected chi connectivity index (χ2v) is 10.2. The van der Waals surface area contributed by atoms with Crippen molar-refractivity contribution in [1.29, 1.82) is 5.26 Å². The maximum absolute atomic E-state index is 13.8. The van der Waals surface area contributed by atoms with E-state index in [9.17, 15) is 4.79 Å². The Hall–Kier alpha value is -3.14. The van der Waals surface area contributed by atoms with Crippen LogP contribution in [0.15, 0.2) is 72.8 Å². The van der Waals surface area contributed by atoms with Crippen LogP contribution in [0.1, 0.15) is 21.6 Å². The Morgan fingerprint density at radius 1 is 0.842 bits per heavy atom. The van der Waals surface area contributed by atoms with Gasteiger partial charge in [0.25, 0.3) is 5.91 Å². The van der Waals surface area contributed by atoms with Crippen LogP contribution in [0.25, 0.3) is 16.9 Å². The summed E-state index contributed by atoms with van der Waals surface area (Å²) in [6, 6.07) is 24.5. The molecule has 5 nitrogen and oxygen atoms in total. The zero-order chi connectivity index (χ0) is 26.1. The maximum Gasteiger partial charge on any atom is 0.255 e. The Bertz CT molecular complexity index is 1500. The summed E-state index contributed by atoms with van der Waals surface area (Å²) < 4.78 is 2.00. The van der Waals surface area contributed by atoms with Crippen LogP contribution in [0.4, 0.5) is 5.69 Å². The normalized spacial score (nSPS) is 13.1. The number of hydrogen-bond donors (Lipinski definition) is 0. The lowest BCUT2D eigenvalue weighted by Crippen LogP contribution is -2.48. The molecule has 1 saturated heterocycles. The van der Waals surface area contributed by atoms with Crippen LogP contribution in [0.3, 0.4) is 0 Å². The molecular weight excluding hydrogens is 562 g/mol. The number of nitrogens with zero attached hydrogens (tertiary/aromatic N) is 4. The van der Waals surface area contributed by atoms with Crippen LogP contribution in [-0.2, 0) is 0 Å². The third-order valence-electron chi connectivity index (χ3n) is 6.70. The van der Waals surface area contributed by atoms with Gasteiger partial charge in [0.15, 0.2) is 0 Å². The van der Waals surface area contributed by atoms with Crippen LogP contribution in [0.2, 0.25) is 15.1 Å². The Labute approximate surface area is 243 Å². The quantitative estimate of drug-likeness (QED) is 0.247. The van der Waals surface area contributed by atoms with Gasteiger partial charge in [-0.25, -0.2) is 0 Å². The third-order valence-corrected chi connectivity index (χ3v) is 7.49. The summed E-state index contributed by atoms with van der Waals surface area (Å²) >= 11 is 18.9. The Balaban J connectivity index is 0.00000336. The summed E-state index contributed by atoms with van der Waals surface area (Å²) in [6.45, 7) is 4.56. The number of anilines is 1. The molecule has 5 rings (SSSR count). The smallest absolute Gasteiger partial charge is 0.255 e. The minimum absolute atomic E-state index is 0. The van der Waals surface area contributed by atoms with Crippen LogP contribution in [-0.4, -0.2) is 41.6 Å². The molecule has 1 fully saturated rings. The van der Waals surface area contributed by atoms with Gasteiger partial charge < -0.3 is 14.4 Å². The molecule has 0 spiro atoms. The van der Waals surface area contributed by atoms with Crippen molar-refractivity contribution in [3.8, 4) is 23.0 Å². The highest BCUT2D eigenvalue weighted by Gasteiger charge is 2.27. The van der Waals surface area contributed by atoms with Gasteiger partial charge in [-0.2, -0.15) is 5.26 Å². The van der Waals surface area contributed by atoms with Crippen LogP contribution in [0, 0.1) is 18.3 Å². The van der Waals surface area contributed by atoms with Gasteiger partial charge in [0, 0.05) is 47.6 Å². The summed E-state index contributed by atoms with van der Waals surface area (Å²) in [5.74, 6) is -0.0176. The van der Waals surface area contributed by atoms with E-state index in [0.717, 1.165) is 28.3 Å². The Morgan fingerprint density at radius 2 is 1.47 bits per heavy atom. The number of aromatic nitrogens is 1. The molecular formula is C29H24Cl4N4O. The molecule has 0 N–H and O–H groups in total. The first-order chi connectivity index (χ1) is 17.9. The van der Waals surface area contributed by atoms with E-state index in [1.807, 2.05) is 77.1 Å². The number of hydrogen-bond acceptors (Lipinski definition) is 3. The van der Waals surface area contributed by atoms with Gasteiger partial charge >= 0.3 is 0 Å². The summed E-state index contributed by atoms with van der Waals surface area (Å²) in [5, 5.41) is 10.7. The topological polar surface area (TPSA) is 52.3 Å². The average molecular weight is 586 g/mol. The molecule has 194 valence electrons. The molecule has 1 amide bonds. The van der Waals surface area contributed by atoms with Crippen molar-refractivity contribution in [3.63, 3.8) is 0 Å². The molecule has 0 aliphatic carbocycles. The van der Waals surface area contributed by atoms with Gasteiger partial charge in [0.2, 0.25) is 0 Å². The highest BCUT2D eigenvalue weighted by molar-refractivity contribution is 6.35. The van der Waals surface area contributed by atoms with E-state index < -0.39 is 0 Å². The van der Waals surface area contributed by atoms with E-state index in [2.05, 4.69) is 11.0 Å². The largest absolute Gasteiger partial charge is 0.368 e. The fraction of sp³-hybridized carbons (Fsp3) is 0.172. The van der Waals surface area contributed by atoms with Crippen molar-refractivity contribution in [3.05, 3.63) is 105 Å². The molecule has 38 heavy (non-hydrogen) atoms. The van der Waals surface area contributed by atoms with Gasteiger partial charge in [-0.3, -0.25) is 4.79 Å². The minimum Gasteiger partial charge on any atom is -0.368 e. The monoisotopic (exact) mass is 584 g/mol. The van der Waals surface area contributed by atoms with Crippen LogP contribution >= 0.6 is 47.2 Å². The lowest BCUT2D eigenvalue weighted by Gasteiger charge is -2.36. The molecule has 1 aliphatic rings. The number of benzene rings is 3. The van der Waals surface area contributed by atoms with Crippen LogP contribution in [0.5, 0.6) is 0 Å². The minimum atomic E-state index is -0.0176. The van der Waals surface area contributed by atoms with Gasteiger partial charge in [-0.15, -0.1) is 12.4 Å². The van der Waals surface area contributed by atoms with Crippen molar-refractivity contribution in [2.75, 3.05) is 31.1 Å². The molecule has 1 aromatic heterocycles. The molecule has 0 bridgehead atoms. The zero-order valence-corrected chi connectivity index (χ0v) is 23.6. The number of rotatable bonds is 4. The van der Waals surface area contributed by atoms with E-state index in [4.69, 9.17) is 40.1 Å². The third kappa shape index (κ3) is 5.50. The standard InChI is InChI=1S/C29H23Cl3N4O.ClH/c1-19-25(29(37)35-14-12-34(13-15-35)24-9-2-20(18-33)3-10-24)17-28(21-4-6-22(30)7-5-21)36(19)27-11-8-23(31)16-26(27)32;/h2-11,16-17H,12-15H2,1H3;1H. The molecule has 0 atom stereocenters. The van der Waals surface area contributed by atoms with E-state index in [1.165, 1.54) is 0 Å². The van der Waals surface area contributed by atoms with Crippen molar-refractivity contribution in [1.82, 2.24) is 9.47 Å². The number of amides is 1. The van der Waals surface area contributed by atoms with Gasteiger partial charge in [0.05, 0.1) is 33.6 Å². The predicted molar refractivity (Wildman–Crippen MR) is 157 cm³/mol. The fourth-order valence-electron chi connectivity index (χ4n) is 4.71. The van der Waals surface area contributed by atoms with E-state index in [1.54, 1.807) is 12.1 Å². The molecule has 4 aromatic rings. The number of piperazine rings is 1. The Kier molecular flexibility index (Phi) is 8.60. The molecule has 3 aromatic carbocycles. The first-order valence-electron chi connectivity index (χ1n) is 11.8. The fourth-order valence-corrected chi connectivity index (χ4v) is 5.33. The average Bonchev–Trinajstić information content (AvgIpc) is 3.25. The molecule has 0 radical (unpaired) electrons. The van der Waals surface area contributed by atoms with Crippen LogP contribution < -0.4 is 4.90 Å². The first kappa shape index (κ1) is 27.9.